The summed E-state index contributed by atoms with van der Waals surface area (Å²) in [5.41, 5.74) is 3.57. The van der Waals surface area contributed by atoms with E-state index in [1.165, 1.54) is 4.57 Å². The number of Topliss-reactive ketones (excluding diaryl/α,β-unsaturated/α-hetero) is 1. The minimum atomic E-state index is -0.553. The molecule has 0 saturated carbocycles. The first-order valence-electron chi connectivity index (χ1n) is 11.9. The summed E-state index contributed by atoms with van der Waals surface area (Å²) in [7, 11) is 0. The number of carbonyl (C=O) groups excluding carboxylic acids is 1. The maximum Gasteiger partial charge on any atom is 0.333 e. The second kappa shape index (κ2) is 9.30. The zero-order chi connectivity index (χ0) is 25.4. The highest BCUT2D eigenvalue weighted by Gasteiger charge is 2.22. The van der Waals surface area contributed by atoms with E-state index < -0.39 is 11.2 Å². The first-order chi connectivity index (χ1) is 17.4. The summed E-state index contributed by atoms with van der Waals surface area (Å²) in [5.74, 6) is -0.294. The van der Waals surface area contributed by atoms with E-state index in [0.29, 0.717) is 23.3 Å². The van der Waals surface area contributed by atoms with Crippen molar-refractivity contribution in [3.63, 3.8) is 0 Å². The van der Waals surface area contributed by atoms with E-state index in [0.717, 1.165) is 27.2 Å². The lowest BCUT2D eigenvalue weighted by atomic mass is 10.1. The zero-order valence-electron chi connectivity index (χ0n) is 20.5. The first-order valence-corrected chi connectivity index (χ1v) is 11.9. The second-order valence-electron chi connectivity index (χ2n) is 8.83. The van der Waals surface area contributed by atoms with Crippen molar-refractivity contribution >= 4 is 16.9 Å². The van der Waals surface area contributed by atoms with Gasteiger partial charge in [-0.05, 0) is 44.5 Å². The van der Waals surface area contributed by atoms with Crippen molar-refractivity contribution in [2.45, 2.75) is 40.4 Å². The van der Waals surface area contributed by atoms with Gasteiger partial charge in [-0.3, -0.25) is 18.7 Å². The van der Waals surface area contributed by atoms with Crippen LogP contribution in [-0.2, 0) is 19.6 Å². The third kappa shape index (κ3) is 3.90. The molecule has 0 aliphatic heterocycles. The van der Waals surface area contributed by atoms with Crippen LogP contribution >= 0.6 is 0 Å². The maximum absolute atomic E-state index is 13.6. The third-order valence-electron chi connectivity index (χ3n) is 6.56. The fourth-order valence-electron chi connectivity index (χ4n) is 4.77. The van der Waals surface area contributed by atoms with Crippen molar-refractivity contribution in [3.05, 3.63) is 116 Å². The predicted octanol–water partition coefficient (Wildman–Crippen LogP) is 3.72. The highest BCUT2D eigenvalue weighted by molar-refractivity contribution is 5.97. The highest BCUT2D eigenvalue weighted by Crippen LogP contribution is 2.21. The molecule has 0 fully saturated rings. The average Bonchev–Trinajstić information content (AvgIpc) is 3.46. The number of rotatable bonds is 7. The molecule has 0 unspecified atom stereocenters. The molecular weight excluding hydrogens is 454 g/mol. The quantitative estimate of drug-likeness (QED) is 0.332. The Morgan fingerprint density at radius 1 is 0.917 bits per heavy atom. The van der Waals surface area contributed by atoms with Crippen LogP contribution in [0.5, 0.6) is 0 Å². The molecular formula is C28H27N5O3. The summed E-state index contributed by atoms with van der Waals surface area (Å²) >= 11 is 0. The normalized spacial score (nSPS) is 11.3. The first kappa shape index (κ1) is 23.3. The van der Waals surface area contributed by atoms with Crippen LogP contribution in [0.25, 0.3) is 16.9 Å². The highest BCUT2D eigenvalue weighted by atomic mass is 16.2. The van der Waals surface area contributed by atoms with Gasteiger partial charge >= 0.3 is 5.69 Å². The standard InChI is InChI=1S/C28H27N5O3/c1-4-30-18-29-26-25(30)27(35)32(28(36)31(26)16-21-11-7-5-8-12-21)17-24(34)23-15-19(2)33(20(23)3)22-13-9-6-10-14-22/h5-15,18H,4,16-17H2,1-3H3. The Bertz CT molecular complexity index is 1690. The van der Waals surface area contributed by atoms with E-state index in [-0.39, 0.29) is 18.9 Å². The van der Waals surface area contributed by atoms with Crippen LogP contribution in [-0.4, -0.2) is 29.0 Å². The fourth-order valence-corrected chi connectivity index (χ4v) is 4.77. The maximum atomic E-state index is 13.6. The van der Waals surface area contributed by atoms with Gasteiger partial charge in [0.2, 0.25) is 0 Å². The number of ketones is 1. The summed E-state index contributed by atoms with van der Waals surface area (Å²) in [5, 5.41) is 0. The van der Waals surface area contributed by atoms with Crippen LogP contribution in [0.15, 0.2) is 82.6 Å². The van der Waals surface area contributed by atoms with Gasteiger partial charge < -0.3 is 9.13 Å². The molecule has 0 radical (unpaired) electrons. The van der Waals surface area contributed by atoms with Gasteiger partial charge in [-0.2, -0.15) is 0 Å². The SMILES string of the molecule is CCn1cnc2c1c(=O)n(CC(=O)c1cc(C)n(-c3ccccc3)c1C)c(=O)n2Cc1ccccc1. The van der Waals surface area contributed by atoms with Gasteiger partial charge in [0.1, 0.15) is 0 Å². The summed E-state index contributed by atoms with van der Waals surface area (Å²) in [4.78, 5) is 44.9. The van der Waals surface area contributed by atoms with E-state index >= 15 is 0 Å². The number of hydrogen-bond donors (Lipinski definition) is 0. The molecule has 0 saturated heterocycles. The zero-order valence-corrected chi connectivity index (χ0v) is 20.5. The number of hydrogen-bond acceptors (Lipinski definition) is 4. The van der Waals surface area contributed by atoms with Crippen molar-refractivity contribution in [3.8, 4) is 5.69 Å². The minimum absolute atomic E-state index is 0.244. The monoisotopic (exact) mass is 481 g/mol. The largest absolute Gasteiger partial charge is 0.333 e. The average molecular weight is 482 g/mol. The Morgan fingerprint density at radius 3 is 2.25 bits per heavy atom. The van der Waals surface area contributed by atoms with E-state index in [9.17, 15) is 14.4 Å². The van der Waals surface area contributed by atoms with Crippen molar-refractivity contribution in [1.29, 1.82) is 0 Å². The number of nitrogens with zero attached hydrogens (tertiary/aromatic N) is 5. The molecule has 2 aromatic carbocycles. The van der Waals surface area contributed by atoms with E-state index in [4.69, 9.17) is 0 Å². The number of benzene rings is 2. The molecule has 5 aromatic rings. The van der Waals surface area contributed by atoms with Gasteiger partial charge in [-0.1, -0.05) is 48.5 Å². The number of para-hydroxylation sites is 1. The molecule has 0 aliphatic rings. The number of imidazole rings is 1. The lowest BCUT2D eigenvalue weighted by Gasteiger charge is -2.13. The molecule has 0 bridgehead atoms. The van der Waals surface area contributed by atoms with E-state index in [1.54, 1.807) is 10.9 Å². The van der Waals surface area contributed by atoms with Gasteiger partial charge in [0.15, 0.2) is 16.9 Å². The molecule has 182 valence electrons. The summed E-state index contributed by atoms with van der Waals surface area (Å²) < 4.78 is 6.22. The lowest BCUT2D eigenvalue weighted by Crippen LogP contribution is -2.42. The summed E-state index contributed by atoms with van der Waals surface area (Å²) in [6, 6.07) is 21.1. The Hall–Kier alpha value is -4.46. The lowest BCUT2D eigenvalue weighted by molar-refractivity contribution is 0.0968. The van der Waals surface area contributed by atoms with Gasteiger partial charge in [-0.15, -0.1) is 0 Å². The summed E-state index contributed by atoms with van der Waals surface area (Å²) in [6.45, 7) is 6.12. The molecule has 36 heavy (non-hydrogen) atoms. The predicted molar refractivity (Wildman–Crippen MR) is 139 cm³/mol. The van der Waals surface area contributed by atoms with Crippen LogP contribution in [0, 0.1) is 13.8 Å². The smallest absolute Gasteiger partial charge is 0.325 e. The Kier molecular flexibility index (Phi) is 6.01. The molecule has 0 atom stereocenters. The van der Waals surface area contributed by atoms with Gasteiger partial charge in [0.05, 0.1) is 19.4 Å². The molecule has 3 aromatic heterocycles. The third-order valence-corrected chi connectivity index (χ3v) is 6.56. The Labute approximate surface area is 207 Å². The number of aromatic nitrogens is 5. The molecule has 8 nitrogen and oxygen atoms in total. The molecule has 8 heteroatoms. The van der Waals surface area contributed by atoms with Gasteiger partial charge in [-0.25, -0.2) is 9.78 Å². The topological polar surface area (TPSA) is 83.8 Å². The molecule has 3 heterocycles. The van der Waals surface area contributed by atoms with Crippen molar-refractivity contribution in [1.82, 2.24) is 23.3 Å². The second-order valence-corrected chi connectivity index (χ2v) is 8.83. The Balaban J connectivity index is 1.61. The van der Waals surface area contributed by atoms with Crippen LogP contribution < -0.4 is 11.2 Å². The van der Waals surface area contributed by atoms with E-state index in [1.807, 2.05) is 92.1 Å². The molecule has 5 rings (SSSR count). The van der Waals surface area contributed by atoms with Crippen LogP contribution in [0.1, 0.15) is 34.2 Å². The number of carbonyl (C=O) groups is 1. The van der Waals surface area contributed by atoms with Crippen LogP contribution in [0.4, 0.5) is 0 Å². The minimum Gasteiger partial charge on any atom is -0.325 e. The van der Waals surface area contributed by atoms with Gasteiger partial charge in [0, 0.05) is 29.2 Å². The van der Waals surface area contributed by atoms with Crippen molar-refractivity contribution < 1.29 is 4.79 Å². The molecule has 0 spiro atoms. The summed E-state index contributed by atoms with van der Waals surface area (Å²) in [6.07, 6.45) is 1.56. The fraction of sp³-hybridized carbons (Fsp3) is 0.214. The Morgan fingerprint density at radius 2 is 1.58 bits per heavy atom. The van der Waals surface area contributed by atoms with E-state index in [2.05, 4.69) is 4.98 Å². The van der Waals surface area contributed by atoms with Crippen molar-refractivity contribution in [2.75, 3.05) is 0 Å². The van der Waals surface area contributed by atoms with Crippen LogP contribution in [0.3, 0.4) is 0 Å². The van der Waals surface area contributed by atoms with Crippen molar-refractivity contribution in [2.24, 2.45) is 0 Å². The number of fused-ring (bicyclic) bond motifs is 1. The molecule has 0 amide bonds. The molecule has 0 N–H and O–H groups in total. The van der Waals surface area contributed by atoms with Crippen LogP contribution in [0.2, 0.25) is 0 Å². The van der Waals surface area contributed by atoms with Gasteiger partial charge in [0.25, 0.3) is 5.56 Å². The number of aryl methyl sites for hydroxylation is 2. The molecule has 0 aliphatic carbocycles.